The Kier molecular flexibility index (Phi) is 6.15. The number of carbonyl (C=O) groups excluding carboxylic acids is 2. The molecule has 2 amide bonds. The van der Waals surface area contributed by atoms with Gasteiger partial charge < -0.3 is 19.9 Å². The number of aromatic amines is 1. The number of carbonyl (C=O) groups is 2. The second-order valence-electron chi connectivity index (χ2n) is 8.71. The summed E-state index contributed by atoms with van der Waals surface area (Å²) in [5.74, 6) is -0.323. The lowest BCUT2D eigenvalue weighted by Crippen LogP contribution is -2.50. The number of likely N-dealkylation sites (tertiary alicyclic amines) is 1. The zero-order valence-electron chi connectivity index (χ0n) is 17.6. The highest BCUT2D eigenvalue weighted by Gasteiger charge is 2.28. The third kappa shape index (κ3) is 5.28. The number of nitrogens with one attached hydrogen (secondary N) is 2. The average molecular weight is 403 g/mol. The van der Waals surface area contributed by atoms with Gasteiger partial charge in [-0.15, -0.1) is 0 Å². The molecule has 1 atom stereocenters. The molecule has 2 heterocycles. The van der Waals surface area contributed by atoms with Crippen LogP contribution in [-0.4, -0.2) is 46.6 Å². The van der Waals surface area contributed by atoms with E-state index >= 15 is 0 Å². The first-order valence-corrected chi connectivity index (χ1v) is 10.2. The highest BCUT2D eigenvalue weighted by Crippen LogP contribution is 2.25. The molecule has 1 aromatic heterocycles. The van der Waals surface area contributed by atoms with Gasteiger partial charge in [0.2, 0.25) is 5.91 Å². The predicted molar refractivity (Wildman–Crippen MR) is 110 cm³/mol. The third-order valence-electron chi connectivity index (χ3n) is 5.24. The number of aromatic nitrogens is 1. The Hall–Kier alpha value is -2.57. The van der Waals surface area contributed by atoms with Crippen molar-refractivity contribution >= 4 is 22.9 Å². The minimum atomic E-state index is -0.561. The van der Waals surface area contributed by atoms with Gasteiger partial charge in [0.1, 0.15) is 11.4 Å². The molecule has 2 N–H and O–H groups in total. The summed E-state index contributed by atoms with van der Waals surface area (Å²) >= 11 is 0. The average Bonchev–Trinajstić information content (AvgIpc) is 2.94. The number of halogens is 1. The van der Waals surface area contributed by atoms with E-state index in [0.29, 0.717) is 13.1 Å². The smallest absolute Gasteiger partial charge is 0.407 e. The minimum Gasteiger partial charge on any atom is -0.444 e. The fourth-order valence-electron chi connectivity index (χ4n) is 3.89. The fraction of sp³-hybridized carbons (Fsp3) is 0.545. The van der Waals surface area contributed by atoms with Crippen LogP contribution in [-0.2, 0) is 16.0 Å². The Morgan fingerprint density at radius 2 is 2.07 bits per heavy atom. The van der Waals surface area contributed by atoms with Crippen molar-refractivity contribution in [3.05, 3.63) is 35.3 Å². The fourth-order valence-corrected chi connectivity index (χ4v) is 3.89. The van der Waals surface area contributed by atoms with Gasteiger partial charge in [0.05, 0.1) is 6.42 Å². The van der Waals surface area contributed by atoms with Crippen molar-refractivity contribution in [1.29, 1.82) is 0 Å². The van der Waals surface area contributed by atoms with E-state index < -0.39 is 11.7 Å². The zero-order chi connectivity index (χ0) is 21.2. The van der Waals surface area contributed by atoms with Crippen LogP contribution < -0.4 is 5.32 Å². The molecule has 3 rings (SSSR count). The second-order valence-corrected chi connectivity index (χ2v) is 8.71. The molecule has 1 aliphatic heterocycles. The Labute approximate surface area is 170 Å². The Bertz CT molecular complexity index is 901. The molecule has 0 aliphatic carbocycles. The first-order chi connectivity index (χ1) is 13.6. The molecule has 7 heteroatoms. The summed E-state index contributed by atoms with van der Waals surface area (Å²) in [5.41, 5.74) is 1.97. The van der Waals surface area contributed by atoms with Crippen LogP contribution in [0.3, 0.4) is 0 Å². The predicted octanol–water partition coefficient (Wildman–Crippen LogP) is 4.06. The van der Waals surface area contributed by atoms with Gasteiger partial charge in [-0.2, -0.15) is 0 Å². The van der Waals surface area contributed by atoms with Gasteiger partial charge in [-0.25, -0.2) is 9.18 Å². The number of nitrogens with zero attached hydrogens (tertiary/aromatic N) is 1. The second kappa shape index (κ2) is 8.43. The molecule has 158 valence electrons. The third-order valence-corrected chi connectivity index (χ3v) is 5.24. The zero-order valence-corrected chi connectivity index (χ0v) is 17.6. The lowest BCUT2D eigenvalue weighted by atomic mass is 10.00. The van der Waals surface area contributed by atoms with Crippen LogP contribution in [0, 0.1) is 12.7 Å². The van der Waals surface area contributed by atoms with Crippen molar-refractivity contribution in [1.82, 2.24) is 15.2 Å². The quantitative estimate of drug-likeness (QED) is 0.808. The van der Waals surface area contributed by atoms with Gasteiger partial charge in [-0.3, -0.25) is 4.79 Å². The monoisotopic (exact) mass is 403 g/mol. The molecule has 2 aromatic rings. The van der Waals surface area contributed by atoms with E-state index in [1.807, 2.05) is 32.6 Å². The maximum absolute atomic E-state index is 13.7. The normalized spacial score (nSPS) is 17.4. The first kappa shape index (κ1) is 21.1. The summed E-state index contributed by atoms with van der Waals surface area (Å²) < 4.78 is 19.0. The van der Waals surface area contributed by atoms with Crippen molar-refractivity contribution in [2.45, 2.75) is 65.0 Å². The molecule has 0 spiro atoms. The van der Waals surface area contributed by atoms with Crippen molar-refractivity contribution in [3.8, 4) is 0 Å². The van der Waals surface area contributed by atoms with Crippen LogP contribution in [0.1, 0.15) is 51.3 Å². The molecule has 1 fully saturated rings. The van der Waals surface area contributed by atoms with Gasteiger partial charge in [0.15, 0.2) is 0 Å². The van der Waals surface area contributed by atoms with Crippen LogP contribution in [0.15, 0.2) is 18.2 Å². The number of aryl methyl sites for hydroxylation is 1. The molecular formula is C22H30FN3O3. The van der Waals surface area contributed by atoms with Crippen LogP contribution in [0.4, 0.5) is 9.18 Å². The molecule has 0 bridgehead atoms. The summed E-state index contributed by atoms with van der Waals surface area (Å²) in [5, 5.41) is 3.54. The number of rotatable bonds is 4. The number of ether oxygens (including phenoxy) is 1. The lowest BCUT2D eigenvalue weighted by molar-refractivity contribution is -0.134. The van der Waals surface area contributed by atoms with Crippen molar-refractivity contribution < 1.29 is 18.7 Å². The largest absolute Gasteiger partial charge is 0.444 e. The van der Waals surface area contributed by atoms with E-state index in [2.05, 4.69) is 10.3 Å². The van der Waals surface area contributed by atoms with Crippen LogP contribution in [0.2, 0.25) is 0 Å². The van der Waals surface area contributed by atoms with E-state index in [4.69, 9.17) is 4.74 Å². The number of hydrogen-bond donors (Lipinski definition) is 2. The molecule has 6 nitrogen and oxygen atoms in total. The van der Waals surface area contributed by atoms with Crippen LogP contribution in [0.5, 0.6) is 0 Å². The molecule has 1 aromatic carbocycles. The number of alkyl carbamates (subject to hydrolysis) is 1. The number of fused-ring (bicyclic) bond motifs is 1. The molecule has 1 saturated heterocycles. The highest BCUT2D eigenvalue weighted by molar-refractivity contribution is 5.90. The Morgan fingerprint density at radius 3 is 2.79 bits per heavy atom. The van der Waals surface area contributed by atoms with Gasteiger partial charge in [-0.1, -0.05) is 0 Å². The molecule has 29 heavy (non-hydrogen) atoms. The number of hydrogen-bond acceptors (Lipinski definition) is 3. The number of piperidine rings is 1. The molecule has 1 aliphatic rings. The molecule has 0 saturated carbocycles. The van der Waals surface area contributed by atoms with Gasteiger partial charge in [-0.05, 0) is 70.7 Å². The van der Waals surface area contributed by atoms with Gasteiger partial charge >= 0.3 is 6.09 Å². The number of benzene rings is 1. The molecule has 1 unspecified atom stereocenters. The van der Waals surface area contributed by atoms with E-state index in [-0.39, 0.29) is 24.2 Å². The van der Waals surface area contributed by atoms with E-state index in [9.17, 15) is 14.0 Å². The Morgan fingerprint density at radius 1 is 1.31 bits per heavy atom. The van der Waals surface area contributed by atoms with Gasteiger partial charge in [0.25, 0.3) is 0 Å². The van der Waals surface area contributed by atoms with E-state index in [1.54, 1.807) is 6.07 Å². The van der Waals surface area contributed by atoms with Gasteiger partial charge in [0, 0.05) is 35.7 Å². The minimum absolute atomic E-state index is 0.00560. The highest BCUT2D eigenvalue weighted by atomic mass is 19.1. The summed E-state index contributed by atoms with van der Waals surface area (Å²) in [4.78, 5) is 30.2. The standard InChI is InChI=1S/C22H30FN3O3/c1-14-17(18-11-15(23)8-9-19(18)25-14)12-20(27)26-10-6-5-7-16(26)13-24-21(28)29-22(2,3)4/h8-9,11,16,25H,5-7,10,12-13H2,1-4H3,(H,24,28). The van der Waals surface area contributed by atoms with Crippen molar-refractivity contribution in [2.75, 3.05) is 13.1 Å². The first-order valence-electron chi connectivity index (χ1n) is 10.2. The summed E-state index contributed by atoms with van der Waals surface area (Å²) in [6.45, 7) is 8.37. The number of amides is 2. The summed E-state index contributed by atoms with van der Waals surface area (Å²) in [6, 6.07) is 4.51. The van der Waals surface area contributed by atoms with E-state index in [0.717, 1.165) is 41.4 Å². The topological polar surface area (TPSA) is 74.4 Å². The SMILES string of the molecule is Cc1[nH]c2ccc(F)cc2c1CC(=O)N1CCCCC1CNC(=O)OC(C)(C)C. The van der Waals surface area contributed by atoms with Crippen molar-refractivity contribution in [3.63, 3.8) is 0 Å². The van der Waals surface area contributed by atoms with E-state index in [1.165, 1.54) is 12.1 Å². The Balaban J connectivity index is 1.69. The van der Waals surface area contributed by atoms with Crippen molar-refractivity contribution in [2.24, 2.45) is 0 Å². The summed E-state index contributed by atoms with van der Waals surface area (Å²) in [6.07, 6.45) is 2.53. The maximum atomic E-state index is 13.7. The lowest BCUT2D eigenvalue weighted by Gasteiger charge is -2.36. The molecular weight excluding hydrogens is 373 g/mol. The van der Waals surface area contributed by atoms with Crippen LogP contribution >= 0.6 is 0 Å². The molecule has 0 radical (unpaired) electrons. The summed E-state index contributed by atoms with van der Waals surface area (Å²) in [7, 11) is 0. The van der Waals surface area contributed by atoms with Crippen LogP contribution in [0.25, 0.3) is 10.9 Å². The number of H-pyrrole nitrogens is 1. The maximum Gasteiger partial charge on any atom is 0.407 e.